The van der Waals surface area contributed by atoms with Gasteiger partial charge in [-0.2, -0.15) is 13.2 Å². The minimum Gasteiger partial charge on any atom is -0.456 e. The maximum Gasteiger partial charge on any atom is 0.390 e. The maximum atomic E-state index is 12.7. The number of alkyl halides is 3. The Morgan fingerprint density at radius 2 is 1.88 bits per heavy atom. The molecule has 0 unspecified atom stereocenters. The third kappa shape index (κ3) is 5.08. The molecule has 6 nitrogen and oxygen atoms in total. The van der Waals surface area contributed by atoms with Crippen LogP contribution >= 0.6 is 0 Å². The van der Waals surface area contributed by atoms with Crippen molar-refractivity contribution in [2.75, 3.05) is 11.9 Å². The Kier molecular flexibility index (Phi) is 5.95. The minimum atomic E-state index is -4.28. The van der Waals surface area contributed by atoms with Gasteiger partial charge in [-0.1, -0.05) is 24.3 Å². The topological polar surface area (TPSA) is 81.7 Å². The number of halogens is 3. The van der Waals surface area contributed by atoms with Crippen molar-refractivity contribution in [2.24, 2.45) is 5.73 Å². The van der Waals surface area contributed by atoms with Crippen LogP contribution in [0.15, 0.2) is 67.0 Å². The highest BCUT2D eigenvalue weighted by Gasteiger charge is 2.26. The highest BCUT2D eigenvalue weighted by molar-refractivity contribution is 5.95. The maximum absolute atomic E-state index is 12.7. The molecule has 0 saturated heterocycles. The molecule has 3 N–H and O–H groups in total. The standard InChI is InChI=1S/C24H21F3N4O2/c1-15-11-16(7-8-19(15)22(28)32)21-13-30-23-20(29-10-9-24(25,26)27)12-18(14-31(21)23)33-17-5-3-2-4-6-17/h2-8,11-14,29H,9-10H2,1H3,(H2,28,32). The second-order valence-electron chi connectivity index (χ2n) is 7.53. The lowest BCUT2D eigenvalue weighted by molar-refractivity contribution is -0.131. The van der Waals surface area contributed by atoms with Gasteiger partial charge >= 0.3 is 6.18 Å². The van der Waals surface area contributed by atoms with Crippen molar-refractivity contribution in [1.29, 1.82) is 0 Å². The Hall–Kier alpha value is -4.01. The van der Waals surface area contributed by atoms with E-state index in [0.29, 0.717) is 39.7 Å². The van der Waals surface area contributed by atoms with E-state index in [1.165, 1.54) is 0 Å². The Balaban J connectivity index is 1.77. The van der Waals surface area contributed by atoms with Crippen LogP contribution in [0.1, 0.15) is 22.3 Å². The number of carbonyl (C=O) groups is 1. The fraction of sp³-hybridized carbons (Fsp3) is 0.167. The molecule has 170 valence electrons. The van der Waals surface area contributed by atoms with E-state index in [1.807, 2.05) is 24.3 Å². The predicted octanol–water partition coefficient (Wildman–Crippen LogP) is 5.57. The van der Waals surface area contributed by atoms with E-state index in [-0.39, 0.29) is 6.54 Å². The van der Waals surface area contributed by atoms with Crippen molar-refractivity contribution in [3.05, 3.63) is 78.1 Å². The first-order valence-corrected chi connectivity index (χ1v) is 10.2. The molecule has 1 amide bonds. The number of nitrogens with one attached hydrogen (secondary N) is 1. The lowest BCUT2D eigenvalue weighted by Gasteiger charge is -2.14. The first-order chi connectivity index (χ1) is 15.7. The van der Waals surface area contributed by atoms with Crippen LogP contribution in [0.2, 0.25) is 0 Å². The van der Waals surface area contributed by atoms with Gasteiger partial charge in [-0.3, -0.25) is 9.20 Å². The van der Waals surface area contributed by atoms with Crippen molar-refractivity contribution in [2.45, 2.75) is 19.5 Å². The van der Waals surface area contributed by atoms with E-state index in [9.17, 15) is 18.0 Å². The summed E-state index contributed by atoms with van der Waals surface area (Å²) in [5.74, 6) is 0.487. The third-order valence-corrected chi connectivity index (χ3v) is 5.07. The molecular weight excluding hydrogens is 433 g/mol. The SMILES string of the molecule is Cc1cc(-c2cnc3c(NCCC(F)(F)F)cc(Oc4ccccc4)cn23)ccc1C(N)=O. The highest BCUT2D eigenvalue weighted by atomic mass is 19.4. The fourth-order valence-electron chi connectivity index (χ4n) is 3.52. The fourth-order valence-corrected chi connectivity index (χ4v) is 3.52. The van der Waals surface area contributed by atoms with Crippen molar-refractivity contribution in [3.63, 3.8) is 0 Å². The van der Waals surface area contributed by atoms with E-state index in [1.54, 1.807) is 54.0 Å². The number of benzene rings is 2. The van der Waals surface area contributed by atoms with Crippen LogP contribution in [0.25, 0.3) is 16.9 Å². The molecule has 0 aliphatic carbocycles. The second kappa shape index (κ2) is 8.85. The Bertz CT molecular complexity index is 1300. The first kappa shape index (κ1) is 22.2. The number of para-hydroxylation sites is 1. The summed E-state index contributed by atoms with van der Waals surface area (Å²) in [7, 11) is 0. The number of fused-ring (bicyclic) bond motifs is 1. The van der Waals surface area contributed by atoms with Crippen LogP contribution in [0.3, 0.4) is 0 Å². The van der Waals surface area contributed by atoms with Crippen molar-refractivity contribution >= 4 is 17.2 Å². The number of nitrogens with two attached hydrogens (primary N) is 1. The van der Waals surface area contributed by atoms with E-state index < -0.39 is 18.5 Å². The van der Waals surface area contributed by atoms with Gasteiger partial charge in [-0.05, 0) is 36.8 Å². The molecule has 9 heteroatoms. The highest BCUT2D eigenvalue weighted by Crippen LogP contribution is 2.32. The number of hydrogen-bond acceptors (Lipinski definition) is 4. The zero-order chi connectivity index (χ0) is 23.6. The van der Waals surface area contributed by atoms with E-state index >= 15 is 0 Å². The van der Waals surface area contributed by atoms with Gasteiger partial charge in [0.1, 0.15) is 11.5 Å². The van der Waals surface area contributed by atoms with E-state index in [4.69, 9.17) is 10.5 Å². The van der Waals surface area contributed by atoms with Gasteiger partial charge in [0, 0.05) is 23.7 Å². The van der Waals surface area contributed by atoms with Crippen LogP contribution < -0.4 is 15.8 Å². The molecule has 4 aromatic rings. The first-order valence-electron chi connectivity index (χ1n) is 10.2. The van der Waals surface area contributed by atoms with Crippen LogP contribution in [-0.2, 0) is 0 Å². The number of imidazole rings is 1. The number of ether oxygens (including phenoxy) is 1. The average molecular weight is 454 g/mol. The van der Waals surface area contributed by atoms with Gasteiger partial charge in [0.25, 0.3) is 0 Å². The van der Waals surface area contributed by atoms with E-state index in [0.717, 1.165) is 5.56 Å². The summed E-state index contributed by atoms with van der Waals surface area (Å²) in [5.41, 5.74) is 8.82. The Morgan fingerprint density at radius 1 is 1.12 bits per heavy atom. The monoisotopic (exact) mass is 454 g/mol. The molecule has 33 heavy (non-hydrogen) atoms. The van der Waals surface area contributed by atoms with Crippen LogP contribution in [0, 0.1) is 6.92 Å². The molecule has 0 aliphatic heterocycles. The molecule has 0 aliphatic rings. The molecule has 0 saturated carbocycles. The summed E-state index contributed by atoms with van der Waals surface area (Å²) in [6, 6.07) is 15.9. The minimum absolute atomic E-state index is 0.303. The molecule has 2 aromatic heterocycles. The average Bonchev–Trinajstić information content (AvgIpc) is 3.17. The zero-order valence-corrected chi connectivity index (χ0v) is 17.7. The lowest BCUT2D eigenvalue weighted by Crippen LogP contribution is -2.15. The van der Waals surface area contributed by atoms with Crippen molar-refractivity contribution < 1.29 is 22.7 Å². The molecule has 0 atom stereocenters. The smallest absolute Gasteiger partial charge is 0.390 e. The van der Waals surface area contributed by atoms with Gasteiger partial charge in [-0.25, -0.2) is 4.98 Å². The van der Waals surface area contributed by atoms with Gasteiger partial charge in [0.2, 0.25) is 5.91 Å². The van der Waals surface area contributed by atoms with Crippen LogP contribution in [0.5, 0.6) is 11.5 Å². The number of amides is 1. The number of rotatable bonds is 7. The summed E-state index contributed by atoms with van der Waals surface area (Å²) < 4.78 is 45.7. The molecule has 0 bridgehead atoms. The predicted molar refractivity (Wildman–Crippen MR) is 120 cm³/mol. The zero-order valence-electron chi connectivity index (χ0n) is 17.7. The lowest BCUT2D eigenvalue weighted by atomic mass is 10.0. The molecule has 0 spiro atoms. The van der Waals surface area contributed by atoms with Gasteiger partial charge in [0.15, 0.2) is 5.65 Å². The summed E-state index contributed by atoms with van der Waals surface area (Å²) in [6.45, 7) is 1.48. The summed E-state index contributed by atoms with van der Waals surface area (Å²) in [4.78, 5) is 16.0. The van der Waals surface area contributed by atoms with Gasteiger partial charge < -0.3 is 15.8 Å². The molecule has 2 aromatic carbocycles. The Labute approximate surface area is 187 Å². The van der Waals surface area contributed by atoms with Crippen molar-refractivity contribution in [1.82, 2.24) is 9.38 Å². The number of pyridine rings is 1. The van der Waals surface area contributed by atoms with Crippen LogP contribution in [-0.4, -0.2) is 28.0 Å². The molecular formula is C24H21F3N4O2. The number of hydrogen-bond donors (Lipinski definition) is 2. The molecule has 4 rings (SSSR count). The quantitative estimate of drug-likeness (QED) is 0.383. The number of carbonyl (C=O) groups excluding carboxylic acids is 1. The summed E-state index contributed by atoms with van der Waals surface area (Å²) in [5, 5.41) is 2.83. The normalized spacial score (nSPS) is 11.5. The number of primary amides is 1. The number of aromatic nitrogens is 2. The van der Waals surface area contributed by atoms with Crippen LogP contribution in [0.4, 0.5) is 18.9 Å². The largest absolute Gasteiger partial charge is 0.456 e. The molecule has 2 heterocycles. The van der Waals surface area contributed by atoms with E-state index in [2.05, 4.69) is 10.3 Å². The summed E-state index contributed by atoms with van der Waals surface area (Å²) in [6.07, 6.45) is -1.92. The van der Waals surface area contributed by atoms with Gasteiger partial charge in [-0.15, -0.1) is 0 Å². The van der Waals surface area contributed by atoms with Gasteiger partial charge in [0.05, 0.1) is 30.2 Å². The number of nitrogens with zero attached hydrogens (tertiary/aromatic N) is 2. The molecule has 0 fully saturated rings. The number of aryl methyl sites for hydroxylation is 1. The third-order valence-electron chi connectivity index (χ3n) is 5.07. The number of anilines is 1. The molecule has 0 radical (unpaired) electrons. The second-order valence-corrected chi connectivity index (χ2v) is 7.53. The summed E-state index contributed by atoms with van der Waals surface area (Å²) >= 11 is 0. The van der Waals surface area contributed by atoms with Crippen molar-refractivity contribution in [3.8, 4) is 22.8 Å². The Morgan fingerprint density at radius 3 is 2.55 bits per heavy atom.